The molecule has 1 atom stereocenters. The van der Waals surface area contributed by atoms with Crippen molar-refractivity contribution >= 4 is 27.4 Å². The summed E-state index contributed by atoms with van der Waals surface area (Å²) in [6.45, 7) is 4.93. The van der Waals surface area contributed by atoms with Crippen LogP contribution in [0.3, 0.4) is 0 Å². The molecule has 1 N–H and O–H groups in total. The zero-order valence-corrected chi connectivity index (χ0v) is 17.1. The second-order valence-electron chi connectivity index (χ2n) is 7.78. The van der Waals surface area contributed by atoms with E-state index < -0.39 is 0 Å². The Hall–Kier alpha value is -1.32. The van der Waals surface area contributed by atoms with Crippen LogP contribution in [0.25, 0.3) is 10.2 Å². The molecule has 0 aromatic carbocycles. The summed E-state index contributed by atoms with van der Waals surface area (Å²) in [7, 11) is 0. The molecule has 2 saturated heterocycles. The highest BCUT2D eigenvalue weighted by molar-refractivity contribution is 7.19. The fourth-order valence-electron chi connectivity index (χ4n) is 4.23. The van der Waals surface area contributed by atoms with Crippen molar-refractivity contribution in [2.45, 2.75) is 57.8 Å². The lowest BCUT2D eigenvalue weighted by molar-refractivity contribution is -0.145. The zero-order chi connectivity index (χ0) is 18.8. The van der Waals surface area contributed by atoms with Gasteiger partial charge < -0.3 is 9.47 Å². The Kier molecular flexibility index (Phi) is 5.73. The molecule has 2 aromatic heterocycles. The number of thiophene rings is 1. The number of anilines is 1. The van der Waals surface area contributed by atoms with Crippen LogP contribution < -0.4 is 5.48 Å². The van der Waals surface area contributed by atoms with Crippen LogP contribution >= 0.6 is 11.3 Å². The number of ether oxygens (including phenoxy) is 2. The standard InChI is InChI=1S/C20H28N4O3S/c1-2-6-15-14(5-1)18-19(23-27-17-7-3-4-10-26-17)21-16(22-20(18)28-15)13-24-8-11-25-12-9-24/h17H,1-13H2,(H,21,22,23). The Bertz CT molecular complexity index is 815. The topological polar surface area (TPSA) is 68.7 Å². The molecule has 1 aliphatic carbocycles. The van der Waals surface area contributed by atoms with Gasteiger partial charge in [-0.25, -0.2) is 20.3 Å². The van der Waals surface area contributed by atoms with E-state index in [1.54, 1.807) is 0 Å². The van der Waals surface area contributed by atoms with Crippen LogP contribution in [0, 0.1) is 0 Å². The van der Waals surface area contributed by atoms with E-state index in [0.717, 1.165) is 93.4 Å². The van der Waals surface area contributed by atoms with Crippen molar-refractivity contribution in [2.24, 2.45) is 0 Å². The molecule has 0 amide bonds. The fourth-order valence-corrected chi connectivity index (χ4v) is 5.51. The third-order valence-corrected chi connectivity index (χ3v) is 6.94. The largest absolute Gasteiger partial charge is 0.379 e. The van der Waals surface area contributed by atoms with Gasteiger partial charge in [-0.3, -0.25) is 4.90 Å². The first-order valence-electron chi connectivity index (χ1n) is 10.5. The van der Waals surface area contributed by atoms with Crippen molar-refractivity contribution in [3.8, 4) is 0 Å². The molecule has 5 rings (SSSR count). The zero-order valence-electron chi connectivity index (χ0n) is 16.2. The molecule has 152 valence electrons. The predicted molar refractivity (Wildman–Crippen MR) is 108 cm³/mol. The minimum absolute atomic E-state index is 0.198. The third-order valence-electron chi connectivity index (χ3n) is 5.75. The van der Waals surface area contributed by atoms with Gasteiger partial charge in [0.2, 0.25) is 0 Å². The summed E-state index contributed by atoms with van der Waals surface area (Å²) in [4.78, 5) is 20.6. The van der Waals surface area contributed by atoms with Crippen LogP contribution in [0.2, 0.25) is 0 Å². The van der Waals surface area contributed by atoms with Crippen LogP contribution in [-0.2, 0) is 33.7 Å². The first-order chi connectivity index (χ1) is 13.9. The number of fused-ring (bicyclic) bond motifs is 3. The maximum atomic E-state index is 5.89. The molecule has 2 aliphatic heterocycles. The minimum atomic E-state index is -0.198. The number of hydrogen-bond acceptors (Lipinski definition) is 8. The Labute approximate surface area is 169 Å². The van der Waals surface area contributed by atoms with Crippen molar-refractivity contribution in [3.63, 3.8) is 0 Å². The van der Waals surface area contributed by atoms with Gasteiger partial charge in [0.1, 0.15) is 10.7 Å². The lowest BCUT2D eigenvalue weighted by Gasteiger charge is -2.26. The second kappa shape index (κ2) is 8.59. The average molecular weight is 405 g/mol. The molecule has 8 heteroatoms. The van der Waals surface area contributed by atoms with Crippen molar-refractivity contribution in [1.82, 2.24) is 14.9 Å². The van der Waals surface area contributed by atoms with E-state index in [4.69, 9.17) is 24.3 Å². The lowest BCUT2D eigenvalue weighted by atomic mass is 9.97. The van der Waals surface area contributed by atoms with Gasteiger partial charge in [-0.2, -0.15) is 0 Å². The summed E-state index contributed by atoms with van der Waals surface area (Å²) in [5.41, 5.74) is 4.58. The number of nitrogens with zero attached hydrogens (tertiary/aromatic N) is 3. The predicted octanol–water partition coefficient (Wildman–Crippen LogP) is 3.27. The molecule has 0 bridgehead atoms. The molecule has 7 nitrogen and oxygen atoms in total. The van der Waals surface area contributed by atoms with Crippen molar-refractivity contribution in [3.05, 3.63) is 16.3 Å². The molecular weight excluding hydrogens is 376 g/mol. The molecule has 28 heavy (non-hydrogen) atoms. The monoisotopic (exact) mass is 404 g/mol. The summed E-state index contributed by atoms with van der Waals surface area (Å²) in [5, 5.41) is 1.15. The minimum Gasteiger partial charge on any atom is -0.379 e. The molecule has 4 heterocycles. The molecule has 0 saturated carbocycles. The smallest absolute Gasteiger partial charge is 0.183 e. The van der Waals surface area contributed by atoms with Crippen molar-refractivity contribution < 1.29 is 14.3 Å². The van der Waals surface area contributed by atoms with E-state index in [0.29, 0.717) is 0 Å². The SMILES string of the molecule is C1CCC(ONc2nc(CN3CCOCC3)nc3sc4c(c23)CCCC4)OC1. The van der Waals surface area contributed by atoms with Gasteiger partial charge in [0.25, 0.3) is 0 Å². The summed E-state index contributed by atoms with van der Waals surface area (Å²) in [6.07, 6.45) is 7.74. The van der Waals surface area contributed by atoms with Gasteiger partial charge in [0.15, 0.2) is 12.1 Å². The van der Waals surface area contributed by atoms with E-state index in [-0.39, 0.29) is 6.29 Å². The molecule has 0 spiro atoms. The fraction of sp³-hybridized carbons (Fsp3) is 0.700. The molecule has 1 unspecified atom stereocenters. The summed E-state index contributed by atoms with van der Waals surface area (Å²) < 4.78 is 11.2. The van der Waals surface area contributed by atoms with E-state index in [1.165, 1.54) is 23.3 Å². The van der Waals surface area contributed by atoms with Gasteiger partial charge in [-0.1, -0.05) is 0 Å². The van der Waals surface area contributed by atoms with Crippen LogP contribution in [0.1, 0.15) is 48.4 Å². The van der Waals surface area contributed by atoms with Gasteiger partial charge in [0.05, 0.1) is 25.1 Å². The Morgan fingerprint density at radius 1 is 1.07 bits per heavy atom. The summed E-state index contributed by atoms with van der Waals surface area (Å²) in [6, 6.07) is 0. The lowest BCUT2D eigenvalue weighted by Crippen LogP contribution is -2.36. The van der Waals surface area contributed by atoms with E-state index in [2.05, 4.69) is 10.4 Å². The molecule has 3 aliphatic rings. The maximum absolute atomic E-state index is 5.89. The first-order valence-corrected chi connectivity index (χ1v) is 11.3. The maximum Gasteiger partial charge on any atom is 0.183 e. The van der Waals surface area contributed by atoms with Gasteiger partial charge in [-0.05, 0) is 44.1 Å². The quantitative estimate of drug-likeness (QED) is 0.767. The van der Waals surface area contributed by atoms with E-state index in [1.807, 2.05) is 11.3 Å². The highest BCUT2D eigenvalue weighted by Gasteiger charge is 2.23. The second-order valence-corrected chi connectivity index (χ2v) is 8.87. The van der Waals surface area contributed by atoms with Gasteiger partial charge in [-0.15, -0.1) is 11.3 Å². The summed E-state index contributed by atoms with van der Waals surface area (Å²) >= 11 is 1.83. The molecule has 0 radical (unpaired) electrons. The van der Waals surface area contributed by atoms with Crippen molar-refractivity contribution in [2.75, 3.05) is 38.4 Å². The molecule has 2 aromatic rings. The highest BCUT2D eigenvalue weighted by atomic mass is 32.1. The van der Waals surface area contributed by atoms with Gasteiger partial charge >= 0.3 is 0 Å². The van der Waals surface area contributed by atoms with Gasteiger partial charge in [0, 0.05) is 31.0 Å². The van der Waals surface area contributed by atoms with Crippen LogP contribution in [0.4, 0.5) is 5.82 Å². The average Bonchev–Trinajstić information content (AvgIpc) is 3.12. The summed E-state index contributed by atoms with van der Waals surface area (Å²) in [5.74, 6) is 1.66. The third kappa shape index (κ3) is 4.02. The normalized spacial score (nSPS) is 23.6. The number of nitrogens with one attached hydrogen (secondary N) is 1. The molecular formula is C20H28N4O3S. The van der Waals surface area contributed by atoms with Crippen molar-refractivity contribution in [1.29, 1.82) is 0 Å². The van der Waals surface area contributed by atoms with Crippen LogP contribution in [0.15, 0.2) is 0 Å². The number of rotatable bonds is 5. The Balaban J connectivity index is 1.43. The highest BCUT2D eigenvalue weighted by Crippen LogP contribution is 2.39. The van der Waals surface area contributed by atoms with E-state index in [9.17, 15) is 0 Å². The number of hydrogen-bond donors (Lipinski definition) is 1. The van der Waals surface area contributed by atoms with E-state index >= 15 is 0 Å². The number of aryl methyl sites for hydroxylation is 2. The van der Waals surface area contributed by atoms with Crippen LogP contribution in [0.5, 0.6) is 0 Å². The first kappa shape index (κ1) is 18.7. The Morgan fingerprint density at radius 3 is 2.82 bits per heavy atom. The Morgan fingerprint density at radius 2 is 1.96 bits per heavy atom. The number of aromatic nitrogens is 2. The van der Waals surface area contributed by atoms with Crippen LogP contribution in [-0.4, -0.2) is 54.1 Å². The number of morpholine rings is 1. The molecule has 2 fully saturated rings.